The smallest absolute Gasteiger partial charge is 0.136 e. The molecule has 0 aliphatic carbocycles. The van der Waals surface area contributed by atoms with Gasteiger partial charge in [0.25, 0.3) is 0 Å². The van der Waals surface area contributed by atoms with Crippen LogP contribution < -0.4 is 0 Å². The summed E-state index contributed by atoms with van der Waals surface area (Å²) in [6.45, 7) is 0. The first kappa shape index (κ1) is 21.5. The van der Waals surface area contributed by atoms with E-state index in [1.165, 1.54) is 5.39 Å². The highest BCUT2D eigenvalue weighted by Crippen LogP contribution is 2.47. The number of fused-ring (bicyclic) bond motifs is 7. The van der Waals surface area contributed by atoms with E-state index in [1.807, 2.05) is 36.4 Å². The molecule has 0 spiro atoms. The van der Waals surface area contributed by atoms with Gasteiger partial charge in [0, 0.05) is 10.8 Å². The zero-order chi connectivity index (χ0) is 35.2. The quantitative estimate of drug-likeness (QED) is 0.184. The molecule has 0 atom stereocenters. The number of rotatable bonds is 3. The van der Waals surface area contributed by atoms with Crippen molar-refractivity contribution in [1.82, 2.24) is 0 Å². The third-order valence-electron chi connectivity index (χ3n) is 9.48. The molecule has 10 rings (SSSR count). The molecule has 0 fully saturated rings. The summed E-state index contributed by atoms with van der Waals surface area (Å²) < 4.78 is 49.1. The lowest BCUT2D eigenvalue weighted by molar-refractivity contribution is 0.669. The highest BCUT2D eigenvalue weighted by atomic mass is 16.3. The van der Waals surface area contributed by atoms with Gasteiger partial charge in [0.15, 0.2) is 0 Å². The van der Waals surface area contributed by atoms with E-state index in [0.717, 1.165) is 81.9 Å². The predicted molar refractivity (Wildman–Crippen MR) is 200 cm³/mol. The topological polar surface area (TPSA) is 13.1 Å². The molecule has 0 N–H and O–H groups in total. The summed E-state index contributed by atoms with van der Waals surface area (Å²) in [5, 5.41) is 10.7. The number of benzene rings is 9. The highest BCUT2D eigenvalue weighted by molar-refractivity contribution is 6.24. The summed E-state index contributed by atoms with van der Waals surface area (Å²) in [5.74, 6) is 0. The average molecular weight is 602 g/mol. The van der Waals surface area contributed by atoms with E-state index in [2.05, 4.69) is 103 Å². The van der Waals surface area contributed by atoms with Crippen LogP contribution in [0.5, 0.6) is 0 Å². The molecule has 9 aromatic carbocycles. The number of furan rings is 1. The molecule has 0 amide bonds. The molecular weight excluding hydrogens is 569 g/mol. The Morgan fingerprint density at radius 1 is 0.362 bits per heavy atom. The lowest BCUT2D eigenvalue weighted by Crippen LogP contribution is -1.92. The van der Waals surface area contributed by atoms with Crippen LogP contribution in [0.4, 0.5) is 0 Å². The molecule has 1 aromatic heterocycles. The first-order valence-corrected chi connectivity index (χ1v) is 15.8. The van der Waals surface area contributed by atoms with E-state index in [0.29, 0.717) is 5.56 Å². The minimum Gasteiger partial charge on any atom is -0.456 e. The number of hydrogen-bond donors (Lipinski definition) is 0. The second kappa shape index (κ2) is 10.2. The monoisotopic (exact) mass is 601 g/mol. The zero-order valence-electron chi connectivity index (χ0n) is 30.2. The summed E-state index contributed by atoms with van der Waals surface area (Å²) >= 11 is 0. The van der Waals surface area contributed by atoms with Crippen molar-refractivity contribution in [2.45, 2.75) is 0 Å². The lowest BCUT2D eigenvalue weighted by atomic mass is 9.83. The summed E-state index contributed by atoms with van der Waals surface area (Å²) in [6.07, 6.45) is 0. The summed E-state index contributed by atoms with van der Waals surface area (Å²) in [4.78, 5) is 0. The van der Waals surface area contributed by atoms with Crippen LogP contribution in [-0.2, 0) is 0 Å². The Bertz CT molecular complexity index is 3050. The van der Waals surface area contributed by atoms with Crippen LogP contribution in [0.1, 0.15) is 6.85 Å². The maximum Gasteiger partial charge on any atom is 0.136 e. The Labute approximate surface area is 279 Å². The summed E-state index contributed by atoms with van der Waals surface area (Å²) in [6, 6.07) is 46.5. The van der Waals surface area contributed by atoms with Crippen molar-refractivity contribution in [1.29, 1.82) is 0 Å². The molecule has 1 nitrogen and oxygen atoms in total. The molecular formula is C46H28O. The van der Waals surface area contributed by atoms with Gasteiger partial charge in [-0.25, -0.2) is 0 Å². The molecule has 0 aliphatic heterocycles. The third-order valence-corrected chi connectivity index (χ3v) is 9.48. The molecule has 47 heavy (non-hydrogen) atoms. The van der Waals surface area contributed by atoms with Crippen molar-refractivity contribution in [2.24, 2.45) is 0 Å². The molecule has 218 valence electrons. The van der Waals surface area contributed by atoms with E-state index < -0.39 is 6.04 Å². The first-order chi connectivity index (χ1) is 25.4. The van der Waals surface area contributed by atoms with Gasteiger partial charge in [0.2, 0.25) is 0 Å². The fourth-order valence-electron chi connectivity index (χ4n) is 7.40. The lowest BCUT2D eigenvalue weighted by Gasteiger charge is -2.19. The van der Waals surface area contributed by atoms with E-state index in [-0.39, 0.29) is 29.7 Å². The molecule has 0 aliphatic rings. The molecule has 0 saturated heterocycles. The molecule has 0 radical (unpaired) electrons. The van der Waals surface area contributed by atoms with E-state index >= 15 is 0 Å². The molecule has 10 aromatic rings. The standard InChI is InChI=1S/C46H28O/c1-2-12-29(13-3-1)34-24-32-16-6-7-17-35(32)42(26-34)46-39-20-10-8-18-37(39)45(38-19-9-11-21-40(38)46)33-22-23-36-41-25-30-14-4-5-15-31(30)27-44(41)47-43(36)28-33/h1-28H/i1D,2D,3D,12D,13D. The van der Waals surface area contributed by atoms with E-state index in [1.54, 1.807) is 0 Å². The summed E-state index contributed by atoms with van der Waals surface area (Å²) in [7, 11) is 0. The van der Waals surface area contributed by atoms with Crippen molar-refractivity contribution < 1.29 is 11.3 Å². The minimum atomic E-state index is -0.401. The van der Waals surface area contributed by atoms with Crippen LogP contribution in [0, 0.1) is 0 Å². The van der Waals surface area contributed by atoms with Crippen molar-refractivity contribution in [3.8, 4) is 33.4 Å². The normalized spacial score (nSPS) is 13.3. The molecule has 0 unspecified atom stereocenters. The Morgan fingerprint density at radius 3 is 1.64 bits per heavy atom. The van der Waals surface area contributed by atoms with Crippen molar-refractivity contribution in [3.05, 3.63) is 170 Å². The fourth-order valence-corrected chi connectivity index (χ4v) is 7.40. The van der Waals surface area contributed by atoms with Crippen LogP contribution >= 0.6 is 0 Å². The molecule has 0 saturated carbocycles. The van der Waals surface area contributed by atoms with Gasteiger partial charge in [-0.15, -0.1) is 0 Å². The predicted octanol–water partition coefficient (Wildman–Crippen LogP) is 13.2. The Kier molecular flexibility index (Phi) is 4.66. The molecule has 1 heteroatoms. The van der Waals surface area contributed by atoms with Crippen LogP contribution in [0.2, 0.25) is 0 Å². The Balaban J connectivity index is 1.27. The van der Waals surface area contributed by atoms with Crippen LogP contribution in [-0.4, -0.2) is 0 Å². The minimum absolute atomic E-state index is 0.190. The second-order valence-electron chi connectivity index (χ2n) is 12.1. The van der Waals surface area contributed by atoms with Gasteiger partial charge in [-0.1, -0.05) is 133 Å². The maximum absolute atomic E-state index is 8.79. The van der Waals surface area contributed by atoms with Crippen LogP contribution in [0.15, 0.2) is 174 Å². The van der Waals surface area contributed by atoms with Gasteiger partial charge in [-0.3, -0.25) is 0 Å². The van der Waals surface area contributed by atoms with Gasteiger partial charge in [0.05, 0.1) is 6.85 Å². The highest BCUT2D eigenvalue weighted by Gasteiger charge is 2.20. The Morgan fingerprint density at radius 2 is 0.936 bits per heavy atom. The average Bonchev–Trinajstić information content (AvgIpc) is 3.53. The Hall–Kier alpha value is -6.18. The molecule has 1 heterocycles. The van der Waals surface area contributed by atoms with Gasteiger partial charge in [0.1, 0.15) is 11.2 Å². The SMILES string of the molecule is [2H]c1c([2H])c([2H])c(-c2cc(-c3c4ccccc4c(-c4ccc5c(c4)oc4cc6ccccc6cc45)c4ccccc34)c3ccccc3c2)c([2H])c1[2H]. The van der Waals surface area contributed by atoms with Crippen LogP contribution in [0.25, 0.3) is 98.4 Å². The van der Waals surface area contributed by atoms with Gasteiger partial charge >= 0.3 is 0 Å². The largest absolute Gasteiger partial charge is 0.456 e. The van der Waals surface area contributed by atoms with E-state index in [4.69, 9.17) is 11.3 Å². The molecule has 0 bridgehead atoms. The number of hydrogen-bond acceptors (Lipinski definition) is 1. The van der Waals surface area contributed by atoms with Gasteiger partial charge in [-0.05, 0) is 113 Å². The van der Waals surface area contributed by atoms with Crippen molar-refractivity contribution in [3.63, 3.8) is 0 Å². The fraction of sp³-hybridized carbons (Fsp3) is 0. The van der Waals surface area contributed by atoms with Gasteiger partial charge < -0.3 is 4.42 Å². The van der Waals surface area contributed by atoms with Gasteiger partial charge in [-0.2, -0.15) is 0 Å². The van der Waals surface area contributed by atoms with Crippen molar-refractivity contribution in [2.75, 3.05) is 0 Å². The zero-order valence-corrected chi connectivity index (χ0v) is 25.2. The van der Waals surface area contributed by atoms with E-state index in [9.17, 15) is 0 Å². The van der Waals surface area contributed by atoms with Crippen LogP contribution in [0.3, 0.4) is 0 Å². The maximum atomic E-state index is 8.79. The second-order valence-corrected chi connectivity index (χ2v) is 12.1. The third kappa shape index (κ3) is 4.03. The van der Waals surface area contributed by atoms with Crippen molar-refractivity contribution >= 4 is 65.0 Å². The first-order valence-electron chi connectivity index (χ1n) is 18.3. The summed E-state index contributed by atoms with van der Waals surface area (Å²) in [5.41, 5.74) is 6.57.